The molecule has 1 heterocycles. The first kappa shape index (κ1) is 12.9. The molecule has 1 atom stereocenters. The zero-order valence-corrected chi connectivity index (χ0v) is 7.64. The summed E-state index contributed by atoms with van der Waals surface area (Å²) in [5.41, 5.74) is 4.92. The van der Waals surface area contributed by atoms with E-state index in [2.05, 4.69) is 4.42 Å². The Bertz CT molecular complexity index is 313. The normalized spacial score (nSPS) is 15.5. The van der Waals surface area contributed by atoms with Crippen LogP contribution in [0.25, 0.3) is 0 Å². The predicted octanol–water partition coefficient (Wildman–Crippen LogP) is 3.02. The molecule has 2 N–H and O–H groups in total. The summed E-state index contributed by atoms with van der Waals surface area (Å²) in [5, 5.41) is 0. The Kier molecular flexibility index (Phi) is 3.22. The van der Waals surface area contributed by atoms with Gasteiger partial charge in [0.1, 0.15) is 5.76 Å². The van der Waals surface area contributed by atoms with E-state index in [9.17, 15) is 26.3 Å². The van der Waals surface area contributed by atoms with Gasteiger partial charge in [0.15, 0.2) is 5.92 Å². The second kappa shape index (κ2) is 4.00. The first-order chi connectivity index (χ1) is 7.14. The molecular formula is C8H7F6NO. The molecule has 0 spiro atoms. The van der Waals surface area contributed by atoms with E-state index >= 15 is 0 Å². The Labute approximate surface area is 86.0 Å². The lowest BCUT2D eigenvalue weighted by Gasteiger charge is -2.26. The van der Waals surface area contributed by atoms with Crippen molar-refractivity contribution in [2.24, 2.45) is 11.7 Å². The highest BCUT2D eigenvalue weighted by Gasteiger charge is 2.60. The lowest BCUT2D eigenvalue weighted by molar-refractivity contribution is -0.291. The number of furan rings is 1. The lowest BCUT2D eigenvalue weighted by Crippen LogP contribution is -2.43. The number of rotatable bonds is 2. The molecule has 0 aliphatic heterocycles. The number of hydrogen-bond acceptors (Lipinski definition) is 2. The average Bonchev–Trinajstić information content (AvgIpc) is 2.48. The van der Waals surface area contributed by atoms with Gasteiger partial charge < -0.3 is 10.2 Å². The van der Waals surface area contributed by atoms with Crippen LogP contribution in [0.3, 0.4) is 0 Å². The van der Waals surface area contributed by atoms with Gasteiger partial charge in [0.05, 0.1) is 12.3 Å². The molecule has 1 aromatic rings. The van der Waals surface area contributed by atoms with Crippen molar-refractivity contribution < 1.29 is 30.8 Å². The molecule has 0 amide bonds. The Morgan fingerprint density at radius 3 is 1.88 bits per heavy atom. The molecule has 0 saturated heterocycles. The molecular weight excluding hydrogens is 240 g/mol. The zero-order valence-electron chi connectivity index (χ0n) is 7.64. The minimum Gasteiger partial charge on any atom is -0.468 e. The molecule has 1 aromatic heterocycles. The third kappa shape index (κ3) is 2.69. The predicted molar refractivity (Wildman–Crippen MR) is 41.2 cm³/mol. The van der Waals surface area contributed by atoms with Crippen molar-refractivity contribution in [3.8, 4) is 0 Å². The van der Waals surface area contributed by atoms with Crippen LogP contribution in [-0.2, 0) is 0 Å². The molecule has 1 unspecified atom stereocenters. The monoisotopic (exact) mass is 247 g/mol. The van der Waals surface area contributed by atoms with Crippen molar-refractivity contribution in [1.82, 2.24) is 0 Å². The van der Waals surface area contributed by atoms with E-state index in [1.165, 1.54) is 6.07 Å². The Morgan fingerprint density at radius 2 is 1.56 bits per heavy atom. The molecule has 0 bridgehead atoms. The summed E-state index contributed by atoms with van der Waals surface area (Å²) in [5.74, 6) is -4.19. The van der Waals surface area contributed by atoms with Gasteiger partial charge in [-0.2, -0.15) is 26.3 Å². The van der Waals surface area contributed by atoms with Gasteiger partial charge in [-0.05, 0) is 12.1 Å². The maximum absolute atomic E-state index is 12.2. The highest BCUT2D eigenvalue weighted by atomic mass is 19.4. The largest absolute Gasteiger partial charge is 0.468 e. The molecule has 16 heavy (non-hydrogen) atoms. The fourth-order valence-corrected chi connectivity index (χ4v) is 1.24. The number of halogens is 6. The van der Waals surface area contributed by atoms with Gasteiger partial charge in [0.25, 0.3) is 0 Å². The summed E-state index contributed by atoms with van der Waals surface area (Å²) < 4.78 is 77.7. The maximum Gasteiger partial charge on any atom is 0.402 e. The highest BCUT2D eigenvalue weighted by Crippen LogP contribution is 2.45. The van der Waals surface area contributed by atoms with E-state index in [0.717, 1.165) is 12.3 Å². The van der Waals surface area contributed by atoms with Crippen LogP contribution in [0, 0.1) is 5.92 Å². The van der Waals surface area contributed by atoms with Crippen LogP contribution < -0.4 is 5.73 Å². The third-order valence-electron chi connectivity index (χ3n) is 1.94. The van der Waals surface area contributed by atoms with Gasteiger partial charge in [-0.15, -0.1) is 0 Å². The molecule has 0 saturated carbocycles. The maximum atomic E-state index is 12.2. The van der Waals surface area contributed by atoms with E-state index in [4.69, 9.17) is 5.73 Å². The van der Waals surface area contributed by atoms with E-state index in [1.54, 1.807) is 0 Å². The van der Waals surface area contributed by atoms with Gasteiger partial charge in [0, 0.05) is 0 Å². The molecule has 8 heteroatoms. The van der Waals surface area contributed by atoms with Crippen LogP contribution in [0.15, 0.2) is 22.8 Å². The molecule has 0 fully saturated rings. The molecule has 0 aromatic carbocycles. The summed E-state index contributed by atoms with van der Waals surface area (Å²) in [6.07, 6.45) is -9.98. The fourth-order valence-electron chi connectivity index (χ4n) is 1.24. The third-order valence-corrected chi connectivity index (χ3v) is 1.94. The van der Waals surface area contributed by atoms with Crippen LogP contribution in [0.1, 0.15) is 11.8 Å². The summed E-state index contributed by atoms with van der Waals surface area (Å²) >= 11 is 0. The first-order valence-electron chi connectivity index (χ1n) is 4.06. The zero-order chi connectivity index (χ0) is 12.6. The van der Waals surface area contributed by atoms with Crippen LogP contribution in [0.4, 0.5) is 26.3 Å². The lowest BCUT2D eigenvalue weighted by atomic mass is 9.97. The first-order valence-corrected chi connectivity index (χ1v) is 4.06. The molecule has 0 aliphatic carbocycles. The Balaban J connectivity index is 3.04. The summed E-state index contributed by atoms with van der Waals surface area (Å²) in [4.78, 5) is 0. The number of hydrogen-bond donors (Lipinski definition) is 1. The Morgan fingerprint density at radius 1 is 1.06 bits per heavy atom. The molecule has 2 nitrogen and oxygen atoms in total. The van der Waals surface area contributed by atoms with Crippen molar-refractivity contribution >= 4 is 0 Å². The fraction of sp³-hybridized carbons (Fsp3) is 0.500. The minimum atomic E-state index is -5.47. The molecule has 0 radical (unpaired) electrons. The quantitative estimate of drug-likeness (QED) is 0.816. The van der Waals surface area contributed by atoms with E-state index in [0.29, 0.717) is 0 Å². The smallest absolute Gasteiger partial charge is 0.402 e. The van der Waals surface area contributed by atoms with Gasteiger partial charge in [-0.1, -0.05) is 0 Å². The molecule has 92 valence electrons. The molecule has 1 rings (SSSR count). The van der Waals surface area contributed by atoms with Crippen molar-refractivity contribution in [3.63, 3.8) is 0 Å². The van der Waals surface area contributed by atoms with Gasteiger partial charge in [-0.25, -0.2) is 0 Å². The summed E-state index contributed by atoms with van der Waals surface area (Å²) in [7, 11) is 0. The van der Waals surface area contributed by atoms with Crippen LogP contribution in [-0.4, -0.2) is 12.4 Å². The van der Waals surface area contributed by atoms with Crippen LogP contribution in [0.5, 0.6) is 0 Å². The van der Waals surface area contributed by atoms with Crippen molar-refractivity contribution in [2.45, 2.75) is 18.4 Å². The van der Waals surface area contributed by atoms with Crippen molar-refractivity contribution in [1.29, 1.82) is 0 Å². The van der Waals surface area contributed by atoms with Crippen molar-refractivity contribution in [3.05, 3.63) is 24.2 Å². The van der Waals surface area contributed by atoms with Gasteiger partial charge in [0.2, 0.25) is 0 Å². The van der Waals surface area contributed by atoms with E-state index < -0.39 is 30.1 Å². The highest BCUT2D eigenvalue weighted by molar-refractivity contribution is 5.07. The van der Waals surface area contributed by atoms with Gasteiger partial charge in [-0.3, -0.25) is 0 Å². The standard InChI is InChI=1S/C8H7F6NO/c9-7(10,11)6(8(12,13)14)5(15)4-2-1-3-16-4/h1-3,5-6H,15H2. The van der Waals surface area contributed by atoms with E-state index in [1.807, 2.05) is 0 Å². The molecule has 0 aliphatic rings. The summed E-state index contributed by atoms with van der Waals surface area (Å²) in [6.45, 7) is 0. The minimum absolute atomic E-state index is 0.556. The second-order valence-electron chi connectivity index (χ2n) is 3.10. The SMILES string of the molecule is NC(c1ccco1)C(C(F)(F)F)C(F)(F)F. The van der Waals surface area contributed by atoms with Gasteiger partial charge >= 0.3 is 12.4 Å². The van der Waals surface area contributed by atoms with Crippen LogP contribution in [0.2, 0.25) is 0 Å². The van der Waals surface area contributed by atoms with Crippen LogP contribution >= 0.6 is 0 Å². The Hall–Kier alpha value is -1.18. The second-order valence-corrected chi connectivity index (χ2v) is 3.10. The van der Waals surface area contributed by atoms with Crippen molar-refractivity contribution in [2.75, 3.05) is 0 Å². The topological polar surface area (TPSA) is 39.2 Å². The van der Waals surface area contributed by atoms with E-state index in [-0.39, 0.29) is 0 Å². The number of alkyl halides is 6. The number of nitrogens with two attached hydrogens (primary N) is 1. The average molecular weight is 247 g/mol. The summed E-state index contributed by atoms with van der Waals surface area (Å²) in [6, 6.07) is -0.163.